The first-order valence-electron chi connectivity index (χ1n) is 10.2. The van der Waals surface area contributed by atoms with E-state index in [4.69, 9.17) is 4.74 Å². The molecule has 0 saturated heterocycles. The number of hydrogen-bond donors (Lipinski definition) is 2. The first-order chi connectivity index (χ1) is 12.7. The van der Waals surface area contributed by atoms with Crippen molar-refractivity contribution in [3.8, 4) is 0 Å². The summed E-state index contributed by atoms with van der Waals surface area (Å²) in [5.74, 6) is 2.56. The predicted molar refractivity (Wildman–Crippen MR) is 112 cm³/mol. The third-order valence-electron chi connectivity index (χ3n) is 5.31. The summed E-state index contributed by atoms with van der Waals surface area (Å²) in [4.78, 5) is 0. The summed E-state index contributed by atoms with van der Waals surface area (Å²) in [6, 6.07) is 0.352. The first kappa shape index (κ1) is 21.6. The highest BCUT2D eigenvalue weighted by atomic mass is 19.1. The van der Waals surface area contributed by atoms with E-state index in [9.17, 15) is 4.39 Å². The Labute approximate surface area is 164 Å². The smallest absolute Gasteiger partial charge is 0.182 e. The Morgan fingerprint density at radius 2 is 2.22 bits per heavy atom. The van der Waals surface area contributed by atoms with Crippen LogP contribution in [0.4, 0.5) is 4.39 Å². The first-order valence-corrected chi connectivity index (χ1v) is 10.2. The van der Waals surface area contributed by atoms with Crippen LogP contribution in [0.1, 0.15) is 53.4 Å². The fraction of sp³-hybridized carbons (Fsp3) is 0.652. The second kappa shape index (κ2) is 9.48. The summed E-state index contributed by atoms with van der Waals surface area (Å²) in [5.41, 5.74) is 0.980. The molecule has 3 nitrogen and oxygen atoms in total. The highest BCUT2D eigenvalue weighted by molar-refractivity contribution is 5.14. The number of hydrogen-bond acceptors (Lipinski definition) is 3. The third kappa shape index (κ3) is 7.82. The molecule has 0 bridgehead atoms. The average Bonchev–Trinajstić information content (AvgIpc) is 3.36. The molecule has 27 heavy (non-hydrogen) atoms. The van der Waals surface area contributed by atoms with Gasteiger partial charge in [0.25, 0.3) is 0 Å². The van der Waals surface area contributed by atoms with Gasteiger partial charge in [-0.25, -0.2) is 4.39 Å². The zero-order valence-corrected chi connectivity index (χ0v) is 17.5. The van der Waals surface area contributed by atoms with Crippen LogP contribution in [0.3, 0.4) is 0 Å². The molecular formula is C23H37FN2O. The minimum absolute atomic E-state index is 0.0751. The number of halogens is 1. The van der Waals surface area contributed by atoms with Crippen LogP contribution in [-0.4, -0.2) is 24.9 Å². The van der Waals surface area contributed by atoms with Gasteiger partial charge in [-0.2, -0.15) is 0 Å². The third-order valence-corrected chi connectivity index (χ3v) is 5.31. The zero-order valence-electron chi connectivity index (χ0n) is 17.5. The van der Waals surface area contributed by atoms with Crippen LogP contribution in [-0.2, 0) is 4.74 Å². The molecule has 1 heterocycles. The van der Waals surface area contributed by atoms with Gasteiger partial charge in [0, 0.05) is 24.2 Å². The molecule has 2 aliphatic rings. The van der Waals surface area contributed by atoms with Crippen molar-refractivity contribution in [3.05, 3.63) is 48.5 Å². The molecule has 2 rings (SSSR count). The summed E-state index contributed by atoms with van der Waals surface area (Å²) in [6.45, 7) is 16.4. The van der Waals surface area contributed by atoms with E-state index in [2.05, 4.69) is 42.9 Å². The Morgan fingerprint density at radius 3 is 2.81 bits per heavy atom. The van der Waals surface area contributed by atoms with Gasteiger partial charge in [0.05, 0.1) is 0 Å². The highest BCUT2D eigenvalue weighted by Gasteiger charge is 2.39. The maximum Gasteiger partial charge on any atom is 0.182 e. The molecule has 0 aromatic rings. The molecule has 0 spiro atoms. The van der Waals surface area contributed by atoms with E-state index in [1.54, 1.807) is 0 Å². The molecule has 1 saturated carbocycles. The standard InChI is InChI=1S/C23H37FN2O/c1-16(2)9-7-8-10-19-13-21(19)18(4)26-17(3)20-11-12-22(25-14-20)27-15-23(5,6)24/h7,9,12,17,19-21,25-26H,1,4,8,10-11,13-15H2,2-3,5-6H3/b9-7-/t17?,19-,20?,21+/m0/s1. The molecular weight excluding hydrogens is 339 g/mol. The quantitative estimate of drug-likeness (QED) is 0.484. The fourth-order valence-electron chi connectivity index (χ4n) is 3.49. The lowest BCUT2D eigenvalue weighted by atomic mass is 9.94. The summed E-state index contributed by atoms with van der Waals surface area (Å²) in [6.07, 6.45) is 10.9. The molecule has 0 amide bonds. The van der Waals surface area contributed by atoms with Crippen LogP contribution in [0.2, 0.25) is 0 Å². The Bertz CT molecular complexity index is 588. The normalized spacial score (nSPS) is 26.1. The van der Waals surface area contributed by atoms with E-state index in [0.29, 0.717) is 23.8 Å². The van der Waals surface area contributed by atoms with Crippen molar-refractivity contribution in [2.75, 3.05) is 13.2 Å². The van der Waals surface area contributed by atoms with Crippen LogP contribution in [0.25, 0.3) is 0 Å². The molecule has 0 aromatic carbocycles. The monoisotopic (exact) mass is 376 g/mol. The van der Waals surface area contributed by atoms with Crippen molar-refractivity contribution in [1.29, 1.82) is 0 Å². The van der Waals surface area contributed by atoms with Gasteiger partial charge in [0.1, 0.15) is 12.3 Å². The predicted octanol–water partition coefficient (Wildman–Crippen LogP) is 5.24. The Balaban J connectivity index is 1.67. The van der Waals surface area contributed by atoms with Crippen molar-refractivity contribution >= 4 is 0 Å². The number of ether oxygens (including phenoxy) is 1. The molecule has 1 fully saturated rings. The van der Waals surface area contributed by atoms with E-state index in [1.807, 2.05) is 13.0 Å². The summed E-state index contributed by atoms with van der Waals surface area (Å²) in [7, 11) is 0. The zero-order chi connectivity index (χ0) is 20.0. The minimum Gasteiger partial charge on any atom is -0.476 e. The minimum atomic E-state index is -1.31. The molecule has 1 aliphatic carbocycles. The van der Waals surface area contributed by atoms with E-state index < -0.39 is 5.67 Å². The molecule has 2 unspecified atom stereocenters. The van der Waals surface area contributed by atoms with E-state index in [1.165, 1.54) is 32.4 Å². The molecule has 0 aromatic heterocycles. The summed E-state index contributed by atoms with van der Waals surface area (Å²) < 4.78 is 19.0. The second-order valence-corrected chi connectivity index (χ2v) is 8.84. The Hall–Kier alpha value is -1.71. The number of allylic oxidation sites excluding steroid dienone is 5. The van der Waals surface area contributed by atoms with Gasteiger partial charge in [-0.3, -0.25) is 0 Å². The van der Waals surface area contributed by atoms with Crippen molar-refractivity contribution < 1.29 is 9.13 Å². The van der Waals surface area contributed by atoms with Gasteiger partial charge in [0.15, 0.2) is 5.88 Å². The molecule has 1 aliphatic heterocycles. The molecule has 152 valence electrons. The molecule has 0 radical (unpaired) electrons. The molecule has 2 N–H and O–H groups in total. The number of nitrogens with one attached hydrogen (secondary N) is 2. The van der Waals surface area contributed by atoms with Crippen LogP contribution in [0.5, 0.6) is 0 Å². The van der Waals surface area contributed by atoms with Gasteiger partial charge in [-0.15, -0.1) is 0 Å². The van der Waals surface area contributed by atoms with Gasteiger partial charge >= 0.3 is 0 Å². The lowest BCUT2D eigenvalue weighted by molar-refractivity contribution is 0.0637. The highest BCUT2D eigenvalue weighted by Crippen LogP contribution is 2.46. The van der Waals surface area contributed by atoms with Gasteiger partial charge in [-0.1, -0.05) is 30.9 Å². The SMILES string of the molecule is C=C(C)/C=C\CC[C@H]1C[C@@H]1C(=C)NC(C)C1CC=C(OCC(C)(C)F)NC1. The van der Waals surface area contributed by atoms with Gasteiger partial charge in [-0.05, 0) is 71.3 Å². The number of alkyl halides is 1. The van der Waals surface area contributed by atoms with E-state index in [-0.39, 0.29) is 6.61 Å². The van der Waals surface area contributed by atoms with E-state index >= 15 is 0 Å². The largest absolute Gasteiger partial charge is 0.476 e. The van der Waals surface area contributed by atoms with Gasteiger partial charge < -0.3 is 15.4 Å². The van der Waals surface area contributed by atoms with Crippen molar-refractivity contribution in [1.82, 2.24) is 10.6 Å². The summed E-state index contributed by atoms with van der Waals surface area (Å²) >= 11 is 0. The van der Waals surface area contributed by atoms with Crippen LogP contribution in [0, 0.1) is 17.8 Å². The Morgan fingerprint density at radius 1 is 1.48 bits per heavy atom. The molecule has 4 atom stereocenters. The summed E-state index contributed by atoms with van der Waals surface area (Å²) in [5, 5.41) is 6.91. The number of rotatable bonds is 11. The second-order valence-electron chi connectivity index (χ2n) is 8.84. The molecule has 4 heteroatoms. The van der Waals surface area contributed by atoms with Crippen LogP contribution < -0.4 is 10.6 Å². The van der Waals surface area contributed by atoms with Crippen LogP contribution in [0.15, 0.2) is 48.5 Å². The Kier molecular flexibility index (Phi) is 7.58. The average molecular weight is 377 g/mol. The van der Waals surface area contributed by atoms with Crippen molar-refractivity contribution in [2.24, 2.45) is 17.8 Å². The topological polar surface area (TPSA) is 33.3 Å². The lowest BCUT2D eigenvalue weighted by Crippen LogP contribution is -2.41. The van der Waals surface area contributed by atoms with Crippen molar-refractivity contribution in [3.63, 3.8) is 0 Å². The van der Waals surface area contributed by atoms with Crippen LogP contribution >= 0.6 is 0 Å². The van der Waals surface area contributed by atoms with Crippen molar-refractivity contribution in [2.45, 2.75) is 65.1 Å². The van der Waals surface area contributed by atoms with Gasteiger partial charge in [0.2, 0.25) is 0 Å². The fourth-order valence-corrected chi connectivity index (χ4v) is 3.49. The lowest BCUT2D eigenvalue weighted by Gasteiger charge is -2.30. The maximum atomic E-state index is 13.5. The van der Waals surface area contributed by atoms with E-state index in [0.717, 1.165) is 30.9 Å². The maximum absolute atomic E-state index is 13.5.